The molecule has 0 bridgehead atoms. The van der Waals surface area contributed by atoms with Gasteiger partial charge in [-0.15, -0.1) is 0 Å². The zero-order chi connectivity index (χ0) is 10.5. The first kappa shape index (κ1) is 10.1. The molecule has 0 unspecified atom stereocenters. The number of hydrogen-bond acceptors (Lipinski definition) is 2. The maximum atomic E-state index is 5.29. The second-order valence-corrected chi connectivity index (χ2v) is 3.55. The number of aromatic nitrogens is 1. The Kier molecular flexibility index (Phi) is 3.25. The van der Waals surface area contributed by atoms with E-state index in [1.54, 1.807) is 6.26 Å². The van der Waals surface area contributed by atoms with Gasteiger partial charge in [-0.1, -0.05) is 6.92 Å². The summed E-state index contributed by atoms with van der Waals surface area (Å²) in [5.41, 5.74) is 2.41. The molecule has 15 heavy (non-hydrogen) atoms. The highest BCUT2D eigenvalue weighted by Crippen LogP contribution is 2.09. The Morgan fingerprint density at radius 1 is 1.27 bits per heavy atom. The van der Waals surface area contributed by atoms with Crippen LogP contribution in [0.1, 0.15) is 24.1 Å². The van der Waals surface area contributed by atoms with Crippen molar-refractivity contribution in [3.05, 3.63) is 47.7 Å². The van der Waals surface area contributed by atoms with Crippen LogP contribution in [0.15, 0.2) is 34.9 Å². The minimum absolute atomic E-state index is 0.832. The molecule has 2 aromatic heterocycles. The first-order valence-electron chi connectivity index (χ1n) is 5.28. The highest BCUT2D eigenvalue weighted by molar-refractivity contribution is 5.18. The first-order valence-corrected chi connectivity index (χ1v) is 5.28. The Labute approximate surface area is 89.5 Å². The van der Waals surface area contributed by atoms with Crippen LogP contribution in [0.2, 0.25) is 0 Å². The maximum absolute atomic E-state index is 5.29. The monoisotopic (exact) mass is 204 g/mol. The topological polar surface area (TPSA) is 41.0 Å². The van der Waals surface area contributed by atoms with Crippen LogP contribution in [0.5, 0.6) is 0 Å². The summed E-state index contributed by atoms with van der Waals surface area (Å²) in [7, 11) is 0. The molecule has 3 heteroatoms. The fourth-order valence-electron chi connectivity index (χ4n) is 1.56. The third-order valence-electron chi connectivity index (χ3n) is 2.32. The standard InChI is InChI=1S/C12H16N2O/c1-2-13-9-11-6-5-10(14-11)8-12-4-3-7-15-12/h3-7,13-14H,2,8-9H2,1H3. The summed E-state index contributed by atoms with van der Waals surface area (Å²) in [4.78, 5) is 3.36. The van der Waals surface area contributed by atoms with E-state index in [1.165, 1.54) is 11.4 Å². The molecule has 0 radical (unpaired) electrons. The Balaban J connectivity index is 1.95. The van der Waals surface area contributed by atoms with Crippen molar-refractivity contribution in [2.24, 2.45) is 0 Å². The average molecular weight is 204 g/mol. The number of hydrogen-bond donors (Lipinski definition) is 2. The predicted molar refractivity (Wildman–Crippen MR) is 59.7 cm³/mol. The number of rotatable bonds is 5. The fourth-order valence-corrected chi connectivity index (χ4v) is 1.56. The van der Waals surface area contributed by atoms with E-state index in [9.17, 15) is 0 Å². The van der Waals surface area contributed by atoms with Gasteiger partial charge >= 0.3 is 0 Å². The summed E-state index contributed by atoms with van der Waals surface area (Å²) in [6, 6.07) is 8.12. The van der Waals surface area contributed by atoms with Gasteiger partial charge in [-0.25, -0.2) is 0 Å². The smallest absolute Gasteiger partial charge is 0.109 e. The van der Waals surface area contributed by atoms with Crippen molar-refractivity contribution < 1.29 is 4.42 Å². The molecular formula is C12H16N2O. The van der Waals surface area contributed by atoms with Gasteiger partial charge in [0.1, 0.15) is 5.76 Å². The third kappa shape index (κ3) is 2.73. The van der Waals surface area contributed by atoms with E-state index in [-0.39, 0.29) is 0 Å². The van der Waals surface area contributed by atoms with E-state index in [1.807, 2.05) is 12.1 Å². The van der Waals surface area contributed by atoms with Crippen molar-refractivity contribution in [1.29, 1.82) is 0 Å². The van der Waals surface area contributed by atoms with Gasteiger partial charge < -0.3 is 14.7 Å². The molecule has 2 aromatic rings. The van der Waals surface area contributed by atoms with Gasteiger partial charge in [0.2, 0.25) is 0 Å². The van der Waals surface area contributed by atoms with Crippen LogP contribution in [0.4, 0.5) is 0 Å². The van der Waals surface area contributed by atoms with Gasteiger partial charge in [-0.05, 0) is 30.8 Å². The lowest BCUT2D eigenvalue weighted by molar-refractivity contribution is 0.519. The van der Waals surface area contributed by atoms with E-state index < -0.39 is 0 Å². The van der Waals surface area contributed by atoms with Crippen molar-refractivity contribution in [3.63, 3.8) is 0 Å². The molecule has 80 valence electrons. The van der Waals surface area contributed by atoms with Crippen molar-refractivity contribution in [2.45, 2.75) is 19.9 Å². The van der Waals surface area contributed by atoms with Crippen LogP contribution in [0.3, 0.4) is 0 Å². The van der Waals surface area contributed by atoms with Crippen LogP contribution in [-0.4, -0.2) is 11.5 Å². The molecule has 0 aliphatic rings. The molecule has 0 aliphatic heterocycles. The van der Waals surface area contributed by atoms with E-state index in [0.29, 0.717) is 0 Å². The Morgan fingerprint density at radius 2 is 2.13 bits per heavy atom. The van der Waals surface area contributed by atoms with Crippen molar-refractivity contribution in [2.75, 3.05) is 6.54 Å². The van der Waals surface area contributed by atoms with E-state index in [4.69, 9.17) is 4.42 Å². The summed E-state index contributed by atoms with van der Waals surface area (Å²) in [5.74, 6) is 0.992. The number of H-pyrrole nitrogens is 1. The van der Waals surface area contributed by atoms with Crippen molar-refractivity contribution in [1.82, 2.24) is 10.3 Å². The van der Waals surface area contributed by atoms with Gasteiger partial charge in [-0.2, -0.15) is 0 Å². The zero-order valence-corrected chi connectivity index (χ0v) is 8.92. The van der Waals surface area contributed by atoms with Crippen LogP contribution in [-0.2, 0) is 13.0 Å². The second-order valence-electron chi connectivity index (χ2n) is 3.55. The fraction of sp³-hybridized carbons (Fsp3) is 0.333. The Hall–Kier alpha value is -1.48. The average Bonchev–Trinajstić information content (AvgIpc) is 2.87. The van der Waals surface area contributed by atoms with E-state index in [0.717, 1.165) is 25.3 Å². The summed E-state index contributed by atoms with van der Waals surface area (Å²) < 4.78 is 5.29. The van der Waals surface area contributed by atoms with Gasteiger partial charge in [0.05, 0.1) is 6.26 Å². The lowest BCUT2D eigenvalue weighted by Crippen LogP contribution is -2.11. The zero-order valence-electron chi connectivity index (χ0n) is 8.92. The Morgan fingerprint density at radius 3 is 2.87 bits per heavy atom. The number of furan rings is 1. The first-order chi connectivity index (χ1) is 7.38. The minimum atomic E-state index is 0.832. The van der Waals surface area contributed by atoms with Crippen molar-refractivity contribution in [3.8, 4) is 0 Å². The summed E-state index contributed by atoms with van der Waals surface area (Å²) in [6.45, 7) is 3.99. The highest BCUT2D eigenvalue weighted by atomic mass is 16.3. The molecule has 0 atom stereocenters. The normalized spacial score (nSPS) is 10.7. The molecule has 3 nitrogen and oxygen atoms in total. The third-order valence-corrected chi connectivity index (χ3v) is 2.32. The summed E-state index contributed by atoms with van der Waals surface area (Å²) in [5, 5.41) is 3.28. The van der Waals surface area contributed by atoms with Gasteiger partial charge in [0, 0.05) is 24.4 Å². The Bertz CT molecular complexity index is 389. The molecule has 0 aromatic carbocycles. The molecule has 0 saturated heterocycles. The van der Waals surface area contributed by atoms with E-state index in [2.05, 4.69) is 29.4 Å². The molecule has 0 fully saturated rings. The number of nitrogens with one attached hydrogen (secondary N) is 2. The van der Waals surface area contributed by atoms with Gasteiger partial charge in [0.15, 0.2) is 0 Å². The molecule has 0 aliphatic carbocycles. The largest absolute Gasteiger partial charge is 0.469 e. The van der Waals surface area contributed by atoms with Crippen molar-refractivity contribution >= 4 is 0 Å². The number of aromatic amines is 1. The lowest BCUT2D eigenvalue weighted by atomic mass is 10.2. The highest BCUT2D eigenvalue weighted by Gasteiger charge is 2.01. The SMILES string of the molecule is CCNCc1ccc(Cc2ccco2)[nH]1. The van der Waals surface area contributed by atoms with Crippen LogP contribution < -0.4 is 5.32 Å². The molecule has 2 rings (SSSR count). The molecule has 2 N–H and O–H groups in total. The second kappa shape index (κ2) is 4.84. The van der Waals surface area contributed by atoms with Crippen LogP contribution in [0.25, 0.3) is 0 Å². The minimum Gasteiger partial charge on any atom is -0.469 e. The maximum Gasteiger partial charge on any atom is 0.109 e. The van der Waals surface area contributed by atoms with E-state index >= 15 is 0 Å². The van der Waals surface area contributed by atoms with Crippen LogP contribution >= 0.6 is 0 Å². The van der Waals surface area contributed by atoms with Crippen LogP contribution in [0, 0.1) is 0 Å². The molecule has 2 heterocycles. The molecule has 0 amide bonds. The van der Waals surface area contributed by atoms with Gasteiger partial charge in [-0.3, -0.25) is 0 Å². The lowest BCUT2D eigenvalue weighted by Gasteiger charge is -1.98. The molecule has 0 spiro atoms. The van der Waals surface area contributed by atoms with Gasteiger partial charge in [0.25, 0.3) is 0 Å². The quantitative estimate of drug-likeness (QED) is 0.784. The summed E-state index contributed by atoms with van der Waals surface area (Å²) in [6.07, 6.45) is 2.54. The molecular weight excluding hydrogens is 188 g/mol. The summed E-state index contributed by atoms with van der Waals surface area (Å²) >= 11 is 0. The molecule has 0 saturated carbocycles. The predicted octanol–water partition coefficient (Wildman–Crippen LogP) is 2.31.